The van der Waals surface area contributed by atoms with Crippen LogP contribution in [0.5, 0.6) is 0 Å². The van der Waals surface area contributed by atoms with Crippen LogP contribution in [0.1, 0.15) is 55.7 Å². The van der Waals surface area contributed by atoms with E-state index in [0.717, 1.165) is 22.3 Å². The van der Waals surface area contributed by atoms with E-state index in [1.54, 1.807) is 38.1 Å². The number of benzene rings is 3. The normalized spacial score (nSPS) is 12.9. The number of aliphatic hydroxyl groups is 1. The maximum absolute atomic E-state index is 13.3. The molecule has 14 heteroatoms. The predicted molar refractivity (Wildman–Crippen MR) is 195 cm³/mol. The van der Waals surface area contributed by atoms with E-state index in [4.69, 9.17) is 15.2 Å². The second-order valence-corrected chi connectivity index (χ2v) is 12.7. The van der Waals surface area contributed by atoms with Crippen LogP contribution in [0.3, 0.4) is 0 Å². The fraction of sp³-hybridized carbons (Fsp3) is 0.395. The van der Waals surface area contributed by atoms with Crippen molar-refractivity contribution in [3.8, 4) is 11.1 Å². The highest BCUT2D eigenvalue weighted by atomic mass is 16.5. The summed E-state index contributed by atoms with van der Waals surface area (Å²) in [6.45, 7) is 4.17. The number of rotatable bonds is 19. The molecule has 8 N–H and O–H groups in total. The maximum atomic E-state index is 13.3. The van der Waals surface area contributed by atoms with Crippen LogP contribution >= 0.6 is 0 Å². The molecule has 4 rings (SSSR count). The Balaban J connectivity index is 1.18. The summed E-state index contributed by atoms with van der Waals surface area (Å²) < 4.78 is 11.1. The van der Waals surface area contributed by atoms with Crippen LogP contribution in [-0.2, 0) is 30.5 Å². The van der Waals surface area contributed by atoms with Crippen LogP contribution in [-0.4, -0.2) is 79.9 Å². The van der Waals surface area contributed by atoms with Gasteiger partial charge in [-0.3, -0.25) is 14.4 Å². The number of carbonyl (C=O) groups is 5. The number of aliphatic hydroxyl groups excluding tert-OH is 1. The van der Waals surface area contributed by atoms with E-state index in [0.29, 0.717) is 17.7 Å². The monoisotopic (exact) mass is 716 g/mol. The molecule has 1 aliphatic carbocycles. The Morgan fingerprint density at radius 3 is 2.08 bits per heavy atom. The summed E-state index contributed by atoms with van der Waals surface area (Å²) in [5.41, 5.74) is 10.8. The lowest BCUT2D eigenvalue weighted by molar-refractivity contribution is -0.132. The number of hydrogen-bond acceptors (Lipinski definition) is 8. The first-order valence-electron chi connectivity index (χ1n) is 17.4. The number of urea groups is 1. The third-order valence-electron chi connectivity index (χ3n) is 8.60. The van der Waals surface area contributed by atoms with Crippen LogP contribution in [0, 0.1) is 5.92 Å². The number of carbonyl (C=O) groups excluding carboxylic acids is 5. The molecule has 0 unspecified atom stereocenters. The quantitative estimate of drug-likeness (QED) is 0.0915. The number of nitrogens with one attached hydrogen (secondary N) is 5. The molecular weight excluding hydrogens is 668 g/mol. The molecule has 52 heavy (non-hydrogen) atoms. The first-order chi connectivity index (χ1) is 25.1. The van der Waals surface area contributed by atoms with Gasteiger partial charge in [-0.2, -0.15) is 0 Å². The largest absolute Gasteiger partial charge is 0.449 e. The van der Waals surface area contributed by atoms with Crippen molar-refractivity contribution in [1.29, 1.82) is 0 Å². The Morgan fingerprint density at radius 2 is 1.46 bits per heavy atom. The molecule has 0 spiro atoms. The van der Waals surface area contributed by atoms with E-state index in [9.17, 15) is 29.1 Å². The Hall–Kier alpha value is -5.47. The van der Waals surface area contributed by atoms with Crippen LogP contribution in [0.2, 0.25) is 0 Å². The minimum atomic E-state index is -0.981. The molecule has 2 atom stereocenters. The van der Waals surface area contributed by atoms with Crippen LogP contribution in [0.15, 0.2) is 72.8 Å². The third kappa shape index (κ3) is 11.5. The smallest absolute Gasteiger partial charge is 0.407 e. The lowest BCUT2D eigenvalue weighted by Gasteiger charge is -2.25. The van der Waals surface area contributed by atoms with E-state index >= 15 is 0 Å². The van der Waals surface area contributed by atoms with E-state index < -0.39 is 41.9 Å². The van der Waals surface area contributed by atoms with Gasteiger partial charge in [0.1, 0.15) is 18.7 Å². The molecule has 14 nitrogen and oxygen atoms in total. The van der Waals surface area contributed by atoms with Crippen molar-refractivity contribution in [2.24, 2.45) is 11.7 Å². The summed E-state index contributed by atoms with van der Waals surface area (Å²) >= 11 is 0. The van der Waals surface area contributed by atoms with Gasteiger partial charge in [0.25, 0.3) is 0 Å². The van der Waals surface area contributed by atoms with Crippen molar-refractivity contribution in [3.05, 3.63) is 89.5 Å². The fourth-order valence-corrected chi connectivity index (χ4v) is 5.89. The van der Waals surface area contributed by atoms with Crippen molar-refractivity contribution in [2.75, 3.05) is 38.2 Å². The van der Waals surface area contributed by atoms with Crippen molar-refractivity contribution in [2.45, 2.75) is 57.7 Å². The number of anilines is 1. The van der Waals surface area contributed by atoms with Crippen molar-refractivity contribution in [3.63, 3.8) is 0 Å². The first-order valence-corrected chi connectivity index (χ1v) is 17.4. The topological polar surface area (TPSA) is 210 Å². The summed E-state index contributed by atoms with van der Waals surface area (Å²) in [5.74, 6) is -1.81. The highest BCUT2D eigenvalue weighted by Crippen LogP contribution is 2.44. The van der Waals surface area contributed by atoms with Crippen molar-refractivity contribution < 1.29 is 38.6 Å². The Morgan fingerprint density at radius 1 is 0.808 bits per heavy atom. The molecule has 0 aromatic heterocycles. The summed E-state index contributed by atoms with van der Waals surface area (Å²) in [6.07, 6.45) is -0.0708. The number of fused-ring (bicyclic) bond motifs is 3. The lowest BCUT2D eigenvalue weighted by Crippen LogP contribution is -2.54. The summed E-state index contributed by atoms with van der Waals surface area (Å²) in [7, 11) is 0. The second-order valence-electron chi connectivity index (χ2n) is 12.7. The van der Waals surface area contributed by atoms with Crippen molar-refractivity contribution in [1.82, 2.24) is 21.3 Å². The second kappa shape index (κ2) is 19.8. The first kappa shape index (κ1) is 39.3. The van der Waals surface area contributed by atoms with Gasteiger partial charge < -0.3 is 46.9 Å². The number of hydrogen-bond donors (Lipinski definition) is 7. The molecule has 0 aliphatic heterocycles. The van der Waals surface area contributed by atoms with Gasteiger partial charge in [0.05, 0.1) is 19.8 Å². The Bertz CT molecular complexity index is 1640. The molecular formula is C38H48N6O8. The van der Waals surface area contributed by atoms with E-state index in [-0.39, 0.29) is 64.2 Å². The van der Waals surface area contributed by atoms with E-state index in [2.05, 4.69) is 38.7 Å². The standard InChI is InChI=1S/C38H48N6O8/c1-24(2)34(36(48)43-32(12-7-18-40-37(39)49)35(47)42-26-15-13-25(22-45)14-16-26)44-33(46)17-20-51-21-19-41-38(50)52-23-31-29-10-5-3-8-27(29)28-9-4-6-11-30(28)31/h3-6,8-11,13-16,24,31-32,34,45H,7,12,17-23H2,1-2H3,(H,41,50)(H,42,47)(H,43,48)(H,44,46)(H3,39,40,49)/t32-,34-/m0/s1. The number of alkyl carbamates (subject to hydrolysis) is 1. The fourth-order valence-electron chi connectivity index (χ4n) is 5.89. The summed E-state index contributed by atoms with van der Waals surface area (Å²) in [5, 5.41) is 22.6. The van der Waals surface area contributed by atoms with Gasteiger partial charge in [0.2, 0.25) is 17.7 Å². The SMILES string of the molecule is CC(C)[C@H](NC(=O)CCOCCNC(=O)OCC1c2ccccc2-c2ccccc21)C(=O)N[C@@H](CCCNC(N)=O)C(=O)Nc1ccc(CO)cc1. The number of nitrogens with two attached hydrogens (primary N) is 1. The summed E-state index contributed by atoms with van der Waals surface area (Å²) in [6, 6.07) is 20.1. The molecule has 0 saturated heterocycles. The zero-order chi connectivity index (χ0) is 37.5. The lowest BCUT2D eigenvalue weighted by atomic mass is 9.98. The van der Waals surface area contributed by atoms with Gasteiger partial charge in [-0.05, 0) is 58.7 Å². The average molecular weight is 717 g/mol. The Labute approximate surface area is 303 Å². The number of ether oxygens (including phenoxy) is 2. The number of primary amides is 1. The molecule has 0 radical (unpaired) electrons. The van der Waals surface area contributed by atoms with Crippen LogP contribution in [0.25, 0.3) is 11.1 Å². The van der Waals surface area contributed by atoms with E-state index in [1.165, 1.54) is 0 Å². The number of amides is 6. The van der Waals surface area contributed by atoms with Gasteiger partial charge in [0.15, 0.2) is 0 Å². The van der Waals surface area contributed by atoms with Gasteiger partial charge in [0, 0.05) is 31.1 Å². The minimum Gasteiger partial charge on any atom is -0.449 e. The molecule has 0 bridgehead atoms. The van der Waals surface area contributed by atoms with Crippen LogP contribution in [0.4, 0.5) is 15.3 Å². The highest BCUT2D eigenvalue weighted by Gasteiger charge is 2.30. The van der Waals surface area contributed by atoms with Crippen molar-refractivity contribution >= 4 is 35.5 Å². The van der Waals surface area contributed by atoms with Gasteiger partial charge in [-0.25, -0.2) is 9.59 Å². The molecule has 0 saturated carbocycles. The molecule has 3 aromatic rings. The highest BCUT2D eigenvalue weighted by molar-refractivity contribution is 5.98. The average Bonchev–Trinajstić information content (AvgIpc) is 3.45. The molecule has 3 aromatic carbocycles. The molecule has 278 valence electrons. The Kier molecular flexibility index (Phi) is 15.0. The van der Waals surface area contributed by atoms with E-state index in [1.807, 2.05) is 36.4 Å². The van der Waals surface area contributed by atoms with Gasteiger partial charge in [-0.1, -0.05) is 74.5 Å². The minimum absolute atomic E-state index is 0.0337. The zero-order valence-electron chi connectivity index (χ0n) is 29.5. The van der Waals surface area contributed by atoms with Crippen LogP contribution < -0.4 is 32.3 Å². The molecule has 1 aliphatic rings. The van der Waals surface area contributed by atoms with Gasteiger partial charge in [-0.15, -0.1) is 0 Å². The predicted octanol–water partition coefficient (Wildman–Crippen LogP) is 3.14. The molecule has 0 fully saturated rings. The molecule has 0 heterocycles. The molecule has 6 amide bonds. The summed E-state index contributed by atoms with van der Waals surface area (Å²) in [4.78, 5) is 62.8. The zero-order valence-corrected chi connectivity index (χ0v) is 29.5. The third-order valence-corrected chi connectivity index (χ3v) is 8.60. The van der Waals surface area contributed by atoms with Gasteiger partial charge >= 0.3 is 12.1 Å². The maximum Gasteiger partial charge on any atom is 0.407 e.